The molecule has 0 aliphatic carbocycles. The van der Waals surface area contributed by atoms with Gasteiger partial charge in [-0.05, 0) is 36.8 Å². The number of hydrogen-bond donors (Lipinski definition) is 2. The van der Waals surface area contributed by atoms with Crippen molar-refractivity contribution in [2.45, 2.75) is 51.0 Å². The van der Waals surface area contributed by atoms with Crippen molar-refractivity contribution in [1.29, 1.82) is 0 Å². The predicted molar refractivity (Wildman–Crippen MR) is 85.6 cm³/mol. The molecule has 1 heterocycles. The topological polar surface area (TPSA) is 66.4 Å². The van der Waals surface area contributed by atoms with Crippen LogP contribution in [0.1, 0.15) is 43.2 Å². The maximum absolute atomic E-state index is 12.1. The first-order valence-corrected chi connectivity index (χ1v) is 7.86. The summed E-state index contributed by atoms with van der Waals surface area (Å²) in [4.78, 5) is 23.5. The number of benzene rings is 1. The molecule has 4 heteroatoms. The molecule has 1 aliphatic rings. The molecule has 2 rings (SSSR count). The Morgan fingerprint density at radius 1 is 1.09 bits per heavy atom. The number of carbonyl (C=O) groups is 2. The molecule has 22 heavy (non-hydrogen) atoms. The van der Waals surface area contributed by atoms with Gasteiger partial charge in [0.1, 0.15) is 6.04 Å². The maximum Gasteiger partial charge on any atom is 0.326 e. The van der Waals surface area contributed by atoms with Gasteiger partial charge in [-0.25, -0.2) is 4.79 Å². The van der Waals surface area contributed by atoms with Crippen LogP contribution in [0.3, 0.4) is 0 Å². The molecule has 0 radical (unpaired) electrons. The molecule has 0 saturated carbocycles. The highest BCUT2D eigenvalue weighted by Gasteiger charge is 2.22. The first-order chi connectivity index (χ1) is 10.6. The molecule has 0 saturated heterocycles. The van der Waals surface area contributed by atoms with Crippen molar-refractivity contribution in [3.8, 4) is 0 Å². The standard InChI is InChI=1S/C18H23NO3/c1-13-8-4-2-3-5-9-14-10-6-7-11-15(14)12-16(18(21)22)19-17(13)20/h6-7,10-11,16H,1-5,8-9,12H2,(H,19,20)(H,21,22). The summed E-state index contributed by atoms with van der Waals surface area (Å²) in [7, 11) is 0. The largest absolute Gasteiger partial charge is 0.480 e. The Labute approximate surface area is 131 Å². The van der Waals surface area contributed by atoms with Crippen LogP contribution in [0.25, 0.3) is 0 Å². The predicted octanol–water partition coefficient (Wildman–Crippen LogP) is 2.86. The number of rotatable bonds is 1. The van der Waals surface area contributed by atoms with Gasteiger partial charge in [0.15, 0.2) is 0 Å². The van der Waals surface area contributed by atoms with E-state index in [9.17, 15) is 14.7 Å². The monoisotopic (exact) mass is 301 g/mol. The van der Waals surface area contributed by atoms with E-state index in [-0.39, 0.29) is 5.91 Å². The molecular weight excluding hydrogens is 278 g/mol. The number of hydrogen-bond acceptors (Lipinski definition) is 2. The van der Waals surface area contributed by atoms with E-state index in [1.54, 1.807) is 0 Å². The lowest BCUT2D eigenvalue weighted by Crippen LogP contribution is -2.43. The van der Waals surface area contributed by atoms with Crippen molar-refractivity contribution < 1.29 is 14.7 Å². The zero-order chi connectivity index (χ0) is 15.9. The molecule has 0 bridgehead atoms. The summed E-state index contributed by atoms with van der Waals surface area (Å²) in [5.41, 5.74) is 2.65. The third-order valence-electron chi connectivity index (χ3n) is 4.14. The van der Waals surface area contributed by atoms with Crippen molar-refractivity contribution >= 4 is 11.9 Å². The summed E-state index contributed by atoms with van der Waals surface area (Å²) in [5.74, 6) is -1.35. The molecule has 1 unspecified atom stereocenters. The molecule has 2 N–H and O–H groups in total. The van der Waals surface area contributed by atoms with Crippen LogP contribution >= 0.6 is 0 Å². The Bertz CT molecular complexity index is 565. The van der Waals surface area contributed by atoms with E-state index in [4.69, 9.17) is 0 Å². The highest BCUT2D eigenvalue weighted by Crippen LogP contribution is 2.17. The lowest BCUT2D eigenvalue weighted by atomic mass is 9.96. The third-order valence-corrected chi connectivity index (χ3v) is 4.14. The lowest BCUT2D eigenvalue weighted by molar-refractivity contribution is -0.141. The molecule has 0 fully saturated rings. The zero-order valence-corrected chi connectivity index (χ0v) is 12.8. The van der Waals surface area contributed by atoms with Crippen molar-refractivity contribution in [2.24, 2.45) is 0 Å². The van der Waals surface area contributed by atoms with E-state index >= 15 is 0 Å². The summed E-state index contributed by atoms with van der Waals surface area (Å²) >= 11 is 0. The lowest BCUT2D eigenvalue weighted by Gasteiger charge is -2.17. The molecular formula is C18H23NO3. The first-order valence-electron chi connectivity index (χ1n) is 7.86. The SMILES string of the molecule is C=C1CCCCCCc2ccccc2CC(C(=O)O)NC1=O. The molecule has 0 aromatic heterocycles. The summed E-state index contributed by atoms with van der Waals surface area (Å²) in [6.07, 6.45) is 6.09. The van der Waals surface area contributed by atoms with Crippen LogP contribution in [0, 0.1) is 0 Å². The number of carboxylic acids is 1. The summed E-state index contributed by atoms with van der Waals surface area (Å²) in [5, 5.41) is 12.0. The quantitative estimate of drug-likeness (QED) is 0.784. The van der Waals surface area contributed by atoms with Gasteiger partial charge in [-0.2, -0.15) is 0 Å². The second-order valence-corrected chi connectivity index (χ2v) is 5.85. The Balaban J connectivity index is 2.24. The molecule has 4 nitrogen and oxygen atoms in total. The fourth-order valence-corrected chi connectivity index (χ4v) is 2.80. The van der Waals surface area contributed by atoms with Gasteiger partial charge in [0.05, 0.1) is 0 Å². The van der Waals surface area contributed by atoms with Crippen LogP contribution in [-0.4, -0.2) is 23.0 Å². The minimum Gasteiger partial charge on any atom is -0.480 e. The van der Waals surface area contributed by atoms with Crippen molar-refractivity contribution in [3.63, 3.8) is 0 Å². The van der Waals surface area contributed by atoms with Gasteiger partial charge in [0.2, 0.25) is 5.91 Å². The first kappa shape index (κ1) is 16.3. The Kier molecular flexibility index (Phi) is 5.75. The van der Waals surface area contributed by atoms with E-state index in [1.807, 2.05) is 18.2 Å². The maximum atomic E-state index is 12.1. The fraction of sp³-hybridized carbons (Fsp3) is 0.444. The Morgan fingerprint density at radius 3 is 2.41 bits per heavy atom. The molecule has 1 amide bonds. The summed E-state index contributed by atoms with van der Waals surface area (Å²) < 4.78 is 0. The van der Waals surface area contributed by atoms with Crippen molar-refractivity contribution in [1.82, 2.24) is 5.32 Å². The molecule has 1 aromatic carbocycles. The smallest absolute Gasteiger partial charge is 0.326 e. The molecule has 1 aromatic rings. The number of carboxylic acid groups (broad SMARTS) is 1. The number of amides is 1. The molecule has 0 spiro atoms. The fourth-order valence-electron chi connectivity index (χ4n) is 2.80. The van der Waals surface area contributed by atoms with Gasteiger partial charge in [-0.15, -0.1) is 0 Å². The van der Waals surface area contributed by atoms with Gasteiger partial charge < -0.3 is 10.4 Å². The average molecular weight is 301 g/mol. The minimum absolute atomic E-state index is 0.310. The zero-order valence-electron chi connectivity index (χ0n) is 12.8. The highest BCUT2D eigenvalue weighted by molar-refractivity contribution is 5.95. The van der Waals surface area contributed by atoms with Gasteiger partial charge in [-0.1, -0.05) is 43.7 Å². The van der Waals surface area contributed by atoms with E-state index in [0.717, 1.165) is 37.7 Å². The third kappa shape index (κ3) is 4.45. The van der Waals surface area contributed by atoms with E-state index in [0.29, 0.717) is 18.4 Å². The molecule has 118 valence electrons. The van der Waals surface area contributed by atoms with Crippen molar-refractivity contribution in [2.75, 3.05) is 0 Å². The number of nitrogens with one attached hydrogen (secondary N) is 1. The average Bonchev–Trinajstić information content (AvgIpc) is 2.51. The number of carbonyl (C=O) groups excluding carboxylic acids is 1. The minimum atomic E-state index is -1.01. The van der Waals surface area contributed by atoms with Crippen LogP contribution in [0.15, 0.2) is 36.4 Å². The summed E-state index contributed by atoms with van der Waals surface area (Å²) in [6, 6.07) is 6.98. The van der Waals surface area contributed by atoms with Gasteiger partial charge in [-0.3, -0.25) is 4.79 Å². The molecule has 1 aliphatic heterocycles. The molecule has 1 atom stereocenters. The number of aryl methyl sites for hydroxylation is 1. The van der Waals surface area contributed by atoms with Crippen LogP contribution in [0.5, 0.6) is 0 Å². The van der Waals surface area contributed by atoms with E-state index < -0.39 is 12.0 Å². The van der Waals surface area contributed by atoms with Crippen LogP contribution in [0.2, 0.25) is 0 Å². The van der Waals surface area contributed by atoms with Crippen LogP contribution in [0.4, 0.5) is 0 Å². The highest BCUT2D eigenvalue weighted by atomic mass is 16.4. The number of aliphatic carboxylic acids is 1. The second kappa shape index (κ2) is 7.78. The normalized spacial score (nSPS) is 20.8. The second-order valence-electron chi connectivity index (χ2n) is 5.85. The van der Waals surface area contributed by atoms with Gasteiger partial charge in [0, 0.05) is 12.0 Å². The van der Waals surface area contributed by atoms with Gasteiger partial charge >= 0.3 is 5.97 Å². The van der Waals surface area contributed by atoms with E-state index in [1.165, 1.54) is 5.56 Å². The number of fused-ring (bicyclic) bond motifs is 1. The summed E-state index contributed by atoms with van der Waals surface area (Å²) in [6.45, 7) is 3.78. The Hall–Kier alpha value is -2.10. The van der Waals surface area contributed by atoms with Crippen LogP contribution < -0.4 is 5.32 Å². The van der Waals surface area contributed by atoms with E-state index in [2.05, 4.69) is 18.0 Å². The van der Waals surface area contributed by atoms with Crippen molar-refractivity contribution in [3.05, 3.63) is 47.5 Å². The van der Waals surface area contributed by atoms with Gasteiger partial charge in [0.25, 0.3) is 0 Å². The Morgan fingerprint density at radius 2 is 1.73 bits per heavy atom. The van der Waals surface area contributed by atoms with Crippen LogP contribution in [-0.2, 0) is 22.4 Å².